The minimum absolute atomic E-state index is 0.0558. The van der Waals surface area contributed by atoms with Crippen molar-refractivity contribution in [1.82, 2.24) is 15.1 Å². The highest BCUT2D eigenvalue weighted by Gasteiger charge is 2.38. The molecule has 4 rings (SSSR count). The number of carbonyl (C=O) groups is 2. The van der Waals surface area contributed by atoms with Crippen LogP contribution in [0.1, 0.15) is 35.7 Å². The summed E-state index contributed by atoms with van der Waals surface area (Å²) in [7, 11) is 0. The Hall–Kier alpha value is -3.76. The van der Waals surface area contributed by atoms with Gasteiger partial charge in [0.2, 0.25) is 5.91 Å². The molecular formula is C23H20F5N3O3. The van der Waals surface area contributed by atoms with Crippen LogP contribution in [0.3, 0.4) is 0 Å². The first-order valence-corrected chi connectivity index (χ1v) is 10.2. The lowest BCUT2D eigenvalue weighted by Crippen LogP contribution is -2.32. The molecule has 6 nitrogen and oxygen atoms in total. The van der Waals surface area contributed by atoms with Gasteiger partial charge in [-0.2, -0.15) is 18.3 Å². The third kappa shape index (κ3) is 6.18. The first kappa shape index (κ1) is 24.9. The molecule has 0 aliphatic heterocycles. The first-order chi connectivity index (χ1) is 16.1. The first-order valence-electron chi connectivity index (χ1n) is 10.2. The van der Waals surface area contributed by atoms with Crippen molar-refractivity contribution in [2.24, 2.45) is 0 Å². The molecule has 1 atom stereocenters. The van der Waals surface area contributed by atoms with Crippen LogP contribution in [0.2, 0.25) is 0 Å². The highest BCUT2D eigenvalue weighted by atomic mass is 19.4. The van der Waals surface area contributed by atoms with E-state index in [1.54, 1.807) is 6.20 Å². The number of fused-ring (bicyclic) bond motifs is 1. The summed E-state index contributed by atoms with van der Waals surface area (Å²) in [6.07, 6.45) is -0.696. The van der Waals surface area contributed by atoms with Crippen molar-refractivity contribution in [1.29, 1.82) is 0 Å². The average Bonchev–Trinajstić information content (AvgIpc) is 3.19. The monoisotopic (exact) mass is 481 g/mol. The maximum absolute atomic E-state index is 14.2. The molecule has 0 fully saturated rings. The minimum Gasteiger partial charge on any atom is -0.475 e. The number of rotatable bonds is 4. The molecule has 0 radical (unpaired) electrons. The van der Waals surface area contributed by atoms with Gasteiger partial charge in [-0.3, -0.25) is 4.79 Å². The highest BCUT2D eigenvalue weighted by Crippen LogP contribution is 2.31. The molecule has 3 aromatic rings. The zero-order valence-electron chi connectivity index (χ0n) is 17.6. The molecule has 1 aliphatic rings. The Morgan fingerprint density at radius 2 is 1.79 bits per heavy atom. The van der Waals surface area contributed by atoms with E-state index in [1.165, 1.54) is 16.8 Å². The van der Waals surface area contributed by atoms with E-state index in [9.17, 15) is 26.7 Å². The molecule has 1 heterocycles. The van der Waals surface area contributed by atoms with Crippen molar-refractivity contribution in [3.63, 3.8) is 0 Å². The molecule has 1 aromatic heterocycles. The number of hydrogen-bond acceptors (Lipinski definition) is 3. The summed E-state index contributed by atoms with van der Waals surface area (Å²) >= 11 is 0. The number of nitrogens with one attached hydrogen (secondary N) is 1. The molecular weight excluding hydrogens is 461 g/mol. The lowest BCUT2D eigenvalue weighted by Gasteiger charge is -2.24. The summed E-state index contributed by atoms with van der Waals surface area (Å²) in [6, 6.07) is 12.9. The zero-order valence-corrected chi connectivity index (χ0v) is 17.6. The summed E-state index contributed by atoms with van der Waals surface area (Å²) in [5.41, 5.74) is 2.92. The number of alkyl halides is 3. The van der Waals surface area contributed by atoms with Crippen LogP contribution < -0.4 is 5.32 Å². The smallest absolute Gasteiger partial charge is 0.475 e. The fourth-order valence-corrected chi connectivity index (χ4v) is 3.59. The van der Waals surface area contributed by atoms with Gasteiger partial charge in [-0.1, -0.05) is 30.3 Å². The van der Waals surface area contributed by atoms with Gasteiger partial charge in [-0.15, -0.1) is 0 Å². The maximum atomic E-state index is 14.2. The molecule has 1 unspecified atom stereocenters. The molecule has 34 heavy (non-hydrogen) atoms. The number of halogens is 5. The van der Waals surface area contributed by atoms with Crippen molar-refractivity contribution < 1.29 is 36.6 Å². The second-order valence-electron chi connectivity index (χ2n) is 7.53. The van der Waals surface area contributed by atoms with Crippen LogP contribution in [0.15, 0.2) is 54.7 Å². The summed E-state index contributed by atoms with van der Waals surface area (Å²) in [5.74, 6) is -4.09. The molecule has 0 spiro atoms. The summed E-state index contributed by atoms with van der Waals surface area (Å²) in [6.45, 7) is 0. The van der Waals surface area contributed by atoms with Crippen molar-refractivity contribution in [3.8, 4) is 5.69 Å². The second-order valence-corrected chi connectivity index (χ2v) is 7.53. The fourth-order valence-electron chi connectivity index (χ4n) is 3.59. The molecule has 11 heteroatoms. The Labute approximate surface area is 191 Å². The Morgan fingerprint density at radius 1 is 1.12 bits per heavy atom. The van der Waals surface area contributed by atoms with E-state index in [1.807, 2.05) is 30.3 Å². The van der Waals surface area contributed by atoms with E-state index in [0.29, 0.717) is 6.42 Å². The Morgan fingerprint density at radius 3 is 2.41 bits per heavy atom. The number of benzene rings is 2. The van der Waals surface area contributed by atoms with Gasteiger partial charge in [0.05, 0.1) is 18.7 Å². The van der Waals surface area contributed by atoms with E-state index in [4.69, 9.17) is 9.90 Å². The van der Waals surface area contributed by atoms with Crippen molar-refractivity contribution >= 4 is 11.9 Å². The number of hydrogen-bond donors (Lipinski definition) is 2. The van der Waals surface area contributed by atoms with Gasteiger partial charge >= 0.3 is 12.1 Å². The summed E-state index contributed by atoms with van der Waals surface area (Å²) in [4.78, 5) is 21.3. The third-order valence-corrected chi connectivity index (χ3v) is 5.11. The van der Waals surface area contributed by atoms with Crippen LogP contribution in [-0.2, 0) is 22.4 Å². The largest absolute Gasteiger partial charge is 0.490 e. The number of amides is 1. The normalized spacial score (nSPS) is 15.0. The van der Waals surface area contributed by atoms with Crippen LogP contribution in [0.4, 0.5) is 22.0 Å². The van der Waals surface area contributed by atoms with Crippen molar-refractivity contribution in [3.05, 3.63) is 83.2 Å². The lowest BCUT2D eigenvalue weighted by molar-refractivity contribution is -0.192. The predicted molar refractivity (Wildman–Crippen MR) is 111 cm³/mol. The average molecular weight is 481 g/mol. The minimum atomic E-state index is -5.08. The highest BCUT2D eigenvalue weighted by molar-refractivity contribution is 5.79. The van der Waals surface area contributed by atoms with Crippen molar-refractivity contribution in [2.75, 3.05) is 0 Å². The number of carboxylic acids is 1. The maximum Gasteiger partial charge on any atom is 0.490 e. The Kier molecular flexibility index (Phi) is 7.64. The van der Waals surface area contributed by atoms with Crippen LogP contribution in [0.25, 0.3) is 5.69 Å². The van der Waals surface area contributed by atoms with Gasteiger partial charge in [0.15, 0.2) is 5.82 Å². The second kappa shape index (κ2) is 10.4. The molecule has 1 amide bonds. The van der Waals surface area contributed by atoms with Crippen molar-refractivity contribution in [2.45, 2.75) is 37.9 Å². The standard InChI is InChI=1S/C21H19F2N3O.C2HF3O2/c22-15-9-10-20(17(23)12-15)26-19-8-4-7-18(16(19)13-24-26)25-21(27)11-14-5-2-1-3-6-14;3-2(4,5)1(6)7/h1-3,5-6,9-10,12-13,18H,4,7-8,11H2,(H,25,27);(H,6,7). The Balaban J connectivity index is 0.000000406. The quantitative estimate of drug-likeness (QED) is 0.537. The summed E-state index contributed by atoms with van der Waals surface area (Å²) in [5, 5.41) is 14.5. The number of aromatic nitrogens is 2. The van der Waals surface area contributed by atoms with Gasteiger partial charge in [0, 0.05) is 17.3 Å². The SMILES string of the molecule is O=C(Cc1ccccc1)NC1CCCc2c1cnn2-c1ccc(F)cc1F.O=C(O)C(F)(F)F. The topological polar surface area (TPSA) is 84.2 Å². The summed E-state index contributed by atoms with van der Waals surface area (Å²) < 4.78 is 60.6. The molecule has 1 aliphatic carbocycles. The van der Waals surface area contributed by atoms with E-state index >= 15 is 0 Å². The predicted octanol–water partition coefficient (Wildman–Crippen LogP) is 4.52. The van der Waals surface area contributed by atoms with Crippen LogP contribution in [0, 0.1) is 11.6 Å². The third-order valence-electron chi connectivity index (χ3n) is 5.11. The Bertz CT molecular complexity index is 1160. The van der Waals surface area contributed by atoms with Gasteiger partial charge < -0.3 is 10.4 Å². The van der Waals surface area contributed by atoms with Gasteiger partial charge in [-0.25, -0.2) is 18.3 Å². The molecule has 2 aromatic carbocycles. The van der Waals surface area contributed by atoms with Crippen LogP contribution in [-0.4, -0.2) is 32.9 Å². The molecule has 0 saturated heterocycles. The molecule has 2 N–H and O–H groups in total. The van der Waals surface area contributed by atoms with E-state index in [0.717, 1.165) is 42.1 Å². The number of aliphatic carboxylic acids is 1. The van der Waals surface area contributed by atoms with E-state index in [2.05, 4.69) is 10.4 Å². The van der Waals surface area contributed by atoms with E-state index in [-0.39, 0.29) is 17.6 Å². The molecule has 0 saturated carbocycles. The number of nitrogens with zero attached hydrogens (tertiary/aromatic N) is 2. The van der Waals surface area contributed by atoms with Crippen LogP contribution in [0.5, 0.6) is 0 Å². The lowest BCUT2D eigenvalue weighted by atomic mass is 9.92. The van der Waals surface area contributed by atoms with Gasteiger partial charge in [0.1, 0.15) is 11.5 Å². The molecule has 180 valence electrons. The fraction of sp³-hybridized carbons (Fsp3) is 0.261. The van der Waals surface area contributed by atoms with Gasteiger partial charge in [-0.05, 0) is 37.0 Å². The number of carbonyl (C=O) groups excluding carboxylic acids is 1. The zero-order chi connectivity index (χ0) is 24.9. The molecule has 0 bridgehead atoms. The number of carboxylic acid groups (broad SMARTS) is 1. The van der Waals surface area contributed by atoms with Crippen LogP contribution >= 0.6 is 0 Å². The van der Waals surface area contributed by atoms with E-state index < -0.39 is 23.8 Å². The van der Waals surface area contributed by atoms with Gasteiger partial charge in [0.25, 0.3) is 0 Å².